The lowest BCUT2D eigenvalue weighted by Gasteiger charge is -1.83. The Bertz CT molecular complexity index is 414. The summed E-state index contributed by atoms with van der Waals surface area (Å²) in [6, 6.07) is 10.3. The maximum absolute atomic E-state index is 10.1. The molecule has 1 aliphatic rings. The van der Waals surface area contributed by atoms with Crippen molar-refractivity contribution in [1.82, 2.24) is 10.3 Å². The summed E-state index contributed by atoms with van der Waals surface area (Å²) in [5.74, 6) is 0.943. The molecule has 1 amide bonds. The molecule has 2 heterocycles. The second-order valence-corrected chi connectivity index (χ2v) is 4.20. The molecule has 0 unspecified atom stereocenters. The van der Waals surface area contributed by atoms with Gasteiger partial charge in [-0.15, -0.1) is 0 Å². The van der Waals surface area contributed by atoms with Gasteiger partial charge in [-0.05, 0) is 17.5 Å². The number of amides is 1. The van der Waals surface area contributed by atoms with Crippen LogP contribution in [0, 0.1) is 0 Å². The average Bonchev–Trinajstić information content (AvgIpc) is 2.88. The summed E-state index contributed by atoms with van der Waals surface area (Å²) in [6.07, 6.45) is 1.95. The molecular weight excluding hydrogens is 208 g/mol. The first kappa shape index (κ1) is 10.1. The SMILES string of the molecule is O=C1NCCS1.c1ccc2[nH]ccc2c1. The molecule has 1 aromatic carbocycles. The quantitative estimate of drug-likeness (QED) is 0.716. The topological polar surface area (TPSA) is 44.9 Å². The van der Waals surface area contributed by atoms with E-state index in [0.717, 1.165) is 12.3 Å². The Balaban J connectivity index is 0.000000124. The molecule has 1 aromatic heterocycles. The fourth-order valence-electron chi connectivity index (χ4n) is 1.34. The molecule has 15 heavy (non-hydrogen) atoms. The number of aromatic nitrogens is 1. The van der Waals surface area contributed by atoms with Crippen molar-refractivity contribution in [2.24, 2.45) is 0 Å². The Morgan fingerprint density at radius 3 is 2.67 bits per heavy atom. The van der Waals surface area contributed by atoms with Gasteiger partial charge in [0.1, 0.15) is 0 Å². The Labute approximate surface area is 92.3 Å². The molecule has 78 valence electrons. The zero-order chi connectivity index (χ0) is 10.5. The number of hydrogen-bond donors (Lipinski definition) is 2. The standard InChI is InChI=1S/C8H7N.C3H5NOS/c1-2-4-8-7(3-1)5-6-9-8;5-3-4-1-2-6-3/h1-6,9H;1-2H2,(H,4,5). The number of carbonyl (C=O) groups excluding carboxylic acids is 1. The summed E-state index contributed by atoms with van der Waals surface area (Å²) in [7, 11) is 0. The van der Waals surface area contributed by atoms with Crippen LogP contribution in [0.25, 0.3) is 10.9 Å². The Kier molecular flexibility index (Phi) is 3.29. The third-order valence-corrected chi connectivity index (χ3v) is 2.88. The fraction of sp³-hybridized carbons (Fsp3) is 0.182. The zero-order valence-electron chi connectivity index (χ0n) is 8.19. The van der Waals surface area contributed by atoms with Crippen molar-refractivity contribution >= 4 is 27.9 Å². The fourth-order valence-corrected chi connectivity index (χ4v) is 1.94. The average molecular weight is 220 g/mol. The number of para-hydroxylation sites is 1. The van der Waals surface area contributed by atoms with Gasteiger partial charge >= 0.3 is 0 Å². The lowest BCUT2D eigenvalue weighted by atomic mass is 10.3. The van der Waals surface area contributed by atoms with Crippen LogP contribution in [0.4, 0.5) is 4.79 Å². The first-order valence-electron chi connectivity index (χ1n) is 4.79. The number of benzene rings is 1. The highest BCUT2D eigenvalue weighted by atomic mass is 32.2. The number of hydrogen-bond acceptors (Lipinski definition) is 2. The Morgan fingerprint density at radius 2 is 2.07 bits per heavy atom. The van der Waals surface area contributed by atoms with Crippen molar-refractivity contribution < 1.29 is 4.79 Å². The maximum atomic E-state index is 10.1. The van der Waals surface area contributed by atoms with Crippen molar-refractivity contribution in [2.75, 3.05) is 12.3 Å². The van der Waals surface area contributed by atoms with Crippen molar-refractivity contribution in [3.8, 4) is 0 Å². The summed E-state index contributed by atoms with van der Waals surface area (Å²) in [4.78, 5) is 13.2. The van der Waals surface area contributed by atoms with E-state index in [0.29, 0.717) is 0 Å². The summed E-state index contributed by atoms with van der Waals surface area (Å²) in [5.41, 5.74) is 1.21. The minimum Gasteiger partial charge on any atom is -0.361 e. The predicted octanol–water partition coefficient (Wildman–Crippen LogP) is 2.61. The minimum atomic E-state index is 0.120. The highest BCUT2D eigenvalue weighted by Crippen LogP contribution is 2.09. The number of aromatic amines is 1. The summed E-state index contributed by atoms with van der Waals surface area (Å²) in [6.45, 7) is 0.851. The van der Waals surface area contributed by atoms with Crippen LogP contribution in [0.5, 0.6) is 0 Å². The van der Waals surface area contributed by atoms with Gasteiger partial charge in [0.05, 0.1) is 0 Å². The van der Waals surface area contributed by atoms with Gasteiger partial charge in [0.2, 0.25) is 0 Å². The summed E-state index contributed by atoms with van der Waals surface area (Å²) in [5, 5.41) is 4.04. The predicted molar refractivity (Wildman–Crippen MR) is 64.2 cm³/mol. The number of nitrogens with one attached hydrogen (secondary N) is 2. The van der Waals surface area contributed by atoms with E-state index in [2.05, 4.69) is 28.5 Å². The normalized spacial score (nSPS) is 14.5. The van der Waals surface area contributed by atoms with Crippen molar-refractivity contribution in [2.45, 2.75) is 0 Å². The number of H-pyrrole nitrogens is 1. The molecule has 3 nitrogen and oxygen atoms in total. The molecule has 1 fully saturated rings. The molecule has 1 aliphatic heterocycles. The van der Waals surface area contributed by atoms with Gasteiger partial charge in [-0.2, -0.15) is 0 Å². The van der Waals surface area contributed by atoms with E-state index in [-0.39, 0.29) is 5.24 Å². The number of thioether (sulfide) groups is 1. The second kappa shape index (κ2) is 4.89. The smallest absolute Gasteiger partial charge is 0.279 e. The van der Waals surface area contributed by atoms with Crippen molar-refractivity contribution in [1.29, 1.82) is 0 Å². The summed E-state index contributed by atoms with van der Waals surface area (Å²) < 4.78 is 0. The number of fused-ring (bicyclic) bond motifs is 1. The molecule has 1 saturated heterocycles. The molecule has 3 rings (SSSR count). The van der Waals surface area contributed by atoms with Gasteiger partial charge in [-0.25, -0.2) is 0 Å². The van der Waals surface area contributed by atoms with E-state index in [1.165, 1.54) is 22.7 Å². The Morgan fingerprint density at radius 1 is 1.20 bits per heavy atom. The first-order valence-corrected chi connectivity index (χ1v) is 5.77. The van der Waals surface area contributed by atoms with E-state index in [1.54, 1.807) is 0 Å². The molecule has 0 radical (unpaired) electrons. The van der Waals surface area contributed by atoms with Gasteiger partial charge in [0, 0.05) is 24.0 Å². The molecule has 0 atom stereocenters. The van der Waals surface area contributed by atoms with Gasteiger partial charge in [-0.1, -0.05) is 30.0 Å². The third-order valence-electron chi connectivity index (χ3n) is 2.07. The third kappa shape index (κ3) is 2.76. The molecule has 2 N–H and O–H groups in total. The molecule has 4 heteroatoms. The lowest BCUT2D eigenvalue weighted by molar-refractivity contribution is 0.262. The van der Waals surface area contributed by atoms with Crippen molar-refractivity contribution in [3.05, 3.63) is 36.5 Å². The number of carbonyl (C=O) groups is 1. The lowest BCUT2D eigenvalue weighted by Crippen LogP contribution is -2.10. The molecule has 0 saturated carbocycles. The van der Waals surface area contributed by atoms with Crippen LogP contribution in [0.15, 0.2) is 36.5 Å². The van der Waals surface area contributed by atoms with Crippen LogP contribution >= 0.6 is 11.8 Å². The molecule has 2 aromatic rings. The highest BCUT2D eigenvalue weighted by molar-refractivity contribution is 8.13. The molecular formula is C11H12N2OS. The maximum Gasteiger partial charge on any atom is 0.279 e. The van der Waals surface area contributed by atoms with Crippen LogP contribution < -0.4 is 5.32 Å². The van der Waals surface area contributed by atoms with E-state index in [4.69, 9.17) is 0 Å². The molecule has 0 spiro atoms. The van der Waals surface area contributed by atoms with Gasteiger partial charge < -0.3 is 10.3 Å². The molecule has 0 aliphatic carbocycles. The van der Waals surface area contributed by atoms with E-state index < -0.39 is 0 Å². The van der Waals surface area contributed by atoms with Crippen molar-refractivity contribution in [3.63, 3.8) is 0 Å². The van der Waals surface area contributed by atoms with Gasteiger partial charge in [0.25, 0.3) is 5.24 Å². The van der Waals surface area contributed by atoms with E-state index in [1.807, 2.05) is 18.3 Å². The van der Waals surface area contributed by atoms with Crippen LogP contribution in [-0.2, 0) is 0 Å². The van der Waals surface area contributed by atoms with Gasteiger partial charge in [-0.3, -0.25) is 4.79 Å². The van der Waals surface area contributed by atoms with Crippen LogP contribution in [0.3, 0.4) is 0 Å². The zero-order valence-corrected chi connectivity index (χ0v) is 9.01. The van der Waals surface area contributed by atoms with E-state index in [9.17, 15) is 4.79 Å². The summed E-state index contributed by atoms with van der Waals surface area (Å²) >= 11 is 1.35. The van der Waals surface area contributed by atoms with E-state index >= 15 is 0 Å². The number of rotatable bonds is 0. The second-order valence-electron chi connectivity index (χ2n) is 3.13. The van der Waals surface area contributed by atoms with Crippen LogP contribution in [0.1, 0.15) is 0 Å². The van der Waals surface area contributed by atoms with Crippen LogP contribution in [-0.4, -0.2) is 22.5 Å². The molecule has 0 bridgehead atoms. The van der Waals surface area contributed by atoms with Gasteiger partial charge in [0.15, 0.2) is 0 Å². The van der Waals surface area contributed by atoms with Crippen LogP contribution in [0.2, 0.25) is 0 Å². The Hall–Kier alpha value is -1.42. The largest absolute Gasteiger partial charge is 0.361 e. The highest BCUT2D eigenvalue weighted by Gasteiger charge is 2.06. The monoisotopic (exact) mass is 220 g/mol. The minimum absolute atomic E-state index is 0.120. The first-order chi connectivity index (χ1) is 7.36.